The molecule has 0 radical (unpaired) electrons. The van der Waals surface area contributed by atoms with Crippen LogP contribution in [0.1, 0.15) is 18.6 Å². The molecule has 1 atom stereocenters. The number of aromatic nitrogens is 1. The van der Waals surface area contributed by atoms with E-state index >= 15 is 0 Å². The van der Waals surface area contributed by atoms with Gasteiger partial charge in [0.1, 0.15) is 11.6 Å². The number of amides is 1. The van der Waals surface area contributed by atoms with Crippen molar-refractivity contribution in [2.75, 3.05) is 18.0 Å². The van der Waals surface area contributed by atoms with E-state index in [-0.39, 0.29) is 23.9 Å². The maximum Gasteiger partial charge on any atom is 0.243 e. The summed E-state index contributed by atoms with van der Waals surface area (Å²) in [4.78, 5) is 20.0. The molecule has 176 valence electrons. The van der Waals surface area contributed by atoms with E-state index in [4.69, 9.17) is 4.42 Å². The van der Waals surface area contributed by atoms with Crippen molar-refractivity contribution < 1.29 is 22.0 Å². The molecule has 0 spiro atoms. The Balaban J connectivity index is 1.43. The SMILES string of the molecule is O=C(C1CCCN(S(=O)(=O)c2ccc(F)cc2)C1)N(Cc1ccco1)c1nc2ccccc2s1. The van der Waals surface area contributed by atoms with Gasteiger partial charge in [-0.15, -0.1) is 0 Å². The standard InChI is InChI=1S/C24H22FN3O4S2/c25-18-9-11-20(12-10-18)34(30,31)27-13-3-5-17(15-27)23(29)28(16-19-6-4-14-32-19)24-26-21-7-1-2-8-22(21)33-24/h1-2,4,6-12,14,17H,3,5,13,15-16H2. The smallest absolute Gasteiger partial charge is 0.243 e. The average molecular weight is 500 g/mol. The molecular weight excluding hydrogens is 477 g/mol. The molecule has 1 unspecified atom stereocenters. The summed E-state index contributed by atoms with van der Waals surface area (Å²) in [6, 6.07) is 15.9. The van der Waals surface area contributed by atoms with Crippen molar-refractivity contribution in [1.82, 2.24) is 9.29 Å². The minimum absolute atomic E-state index is 0.0145. The van der Waals surface area contributed by atoms with Crippen LogP contribution in [0.4, 0.5) is 9.52 Å². The van der Waals surface area contributed by atoms with Crippen LogP contribution >= 0.6 is 11.3 Å². The van der Waals surface area contributed by atoms with Gasteiger partial charge in [-0.2, -0.15) is 4.31 Å². The van der Waals surface area contributed by atoms with Gasteiger partial charge in [0.15, 0.2) is 5.13 Å². The molecule has 0 N–H and O–H groups in total. The number of thiazole rings is 1. The Morgan fingerprint density at radius 2 is 1.94 bits per heavy atom. The second-order valence-corrected chi connectivity index (χ2v) is 11.1. The van der Waals surface area contributed by atoms with Crippen LogP contribution in [0.3, 0.4) is 0 Å². The highest BCUT2D eigenvalue weighted by molar-refractivity contribution is 7.89. The van der Waals surface area contributed by atoms with Crippen molar-refractivity contribution in [1.29, 1.82) is 0 Å². The summed E-state index contributed by atoms with van der Waals surface area (Å²) in [5.74, 6) is -0.630. The minimum Gasteiger partial charge on any atom is -0.467 e. The summed E-state index contributed by atoms with van der Waals surface area (Å²) in [6.45, 7) is 0.563. The van der Waals surface area contributed by atoms with Crippen molar-refractivity contribution in [2.45, 2.75) is 24.3 Å². The minimum atomic E-state index is -3.84. The van der Waals surface area contributed by atoms with Crippen molar-refractivity contribution in [2.24, 2.45) is 5.92 Å². The Morgan fingerprint density at radius 3 is 2.68 bits per heavy atom. The lowest BCUT2D eigenvalue weighted by Gasteiger charge is -2.33. The Morgan fingerprint density at radius 1 is 1.15 bits per heavy atom. The number of hydrogen-bond donors (Lipinski definition) is 0. The maximum absolute atomic E-state index is 13.7. The van der Waals surface area contributed by atoms with Gasteiger partial charge in [-0.1, -0.05) is 23.5 Å². The molecule has 34 heavy (non-hydrogen) atoms. The predicted molar refractivity (Wildman–Crippen MR) is 127 cm³/mol. The van der Waals surface area contributed by atoms with Crippen LogP contribution in [0.5, 0.6) is 0 Å². The molecule has 1 saturated heterocycles. The van der Waals surface area contributed by atoms with Crippen LogP contribution in [0.2, 0.25) is 0 Å². The summed E-state index contributed by atoms with van der Waals surface area (Å²) in [5, 5.41) is 0.543. The van der Waals surface area contributed by atoms with E-state index in [9.17, 15) is 17.6 Å². The number of sulfonamides is 1. The van der Waals surface area contributed by atoms with E-state index < -0.39 is 21.8 Å². The van der Waals surface area contributed by atoms with Crippen molar-refractivity contribution in [3.05, 3.63) is 78.5 Å². The summed E-state index contributed by atoms with van der Waals surface area (Å²) >= 11 is 1.41. The Hall–Kier alpha value is -3.08. The third-order valence-corrected chi connectivity index (χ3v) is 8.80. The number of rotatable bonds is 6. The van der Waals surface area contributed by atoms with Gasteiger partial charge in [0.05, 0.1) is 33.8 Å². The lowest BCUT2D eigenvalue weighted by atomic mass is 9.98. The fraction of sp³-hybridized carbons (Fsp3) is 0.250. The molecule has 10 heteroatoms. The fourth-order valence-corrected chi connectivity index (χ4v) is 6.61. The highest BCUT2D eigenvalue weighted by Crippen LogP contribution is 2.33. The van der Waals surface area contributed by atoms with Gasteiger partial charge in [0, 0.05) is 13.1 Å². The first-order valence-electron chi connectivity index (χ1n) is 10.9. The molecule has 2 aromatic heterocycles. The summed E-state index contributed by atoms with van der Waals surface area (Å²) in [7, 11) is -3.84. The lowest BCUT2D eigenvalue weighted by molar-refractivity contribution is -0.123. The normalized spacial score (nSPS) is 17.1. The number of para-hydroxylation sites is 1. The Labute approximate surface area is 200 Å². The molecule has 1 amide bonds. The maximum atomic E-state index is 13.7. The van der Waals surface area contributed by atoms with E-state index in [1.807, 2.05) is 24.3 Å². The molecule has 0 aliphatic carbocycles. The highest BCUT2D eigenvalue weighted by Gasteiger charge is 2.36. The first kappa shape index (κ1) is 22.7. The van der Waals surface area contributed by atoms with Gasteiger partial charge in [0.25, 0.3) is 0 Å². The first-order valence-corrected chi connectivity index (χ1v) is 13.1. The van der Waals surface area contributed by atoms with E-state index in [0.717, 1.165) is 22.3 Å². The number of carbonyl (C=O) groups is 1. The number of anilines is 1. The average Bonchev–Trinajstić information content (AvgIpc) is 3.52. The number of piperidine rings is 1. The Bertz CT molecular complexity index is 1370. The van der Waals surface area contributed by atoms with E-state index in [1.54, 1.807) is 23.3 Å². The van der Waals surface area contributed by atoms with Gasteiger partial charge >= 0.3 is 0 Å². The second-order valence-electron chi connectivity index (χ2n) is 8.12. The van der Waals surface area contributed by atoms with Crippen LogP contribution in [-0.4, -0.2) is 36.7 Å². The van der Waals surface area contributed by atoms with Crippen LogP contribution in [0, 0.1) is 11.7 Å². The molecule has 4 aromatic rings. The molecule has 0 bridgehead atoms. The van der Waals surface area contributed by atoms with E-state index in [2.05, 4.69) is 4.98 Å². The number of carbonyl (C=O) groups excluding carboxylic acids is 1. The van der Waals surface area contributed by atoms with Crippen molar-refractivity contribution in [3.8, 4) is 0 Å². The summed E-state index contributed by atoms with van der Waals surface area (Å²) in [6.07, 6.45) is 2.66. The summed E-state index contributed by atoms with van der Waals surface area (Å²) < 4.78 is 47.3. The quantitative estimate of drug-likeness (QED) is 0.385. The van der Waals surface area contributed by atoms with Crippen molar-refractivity contribution >= 4 is 42.6 Å². The predicted octanol–water partition coefficient (Wildman–Crippen LogP) is 4.66. The number of halogens is 1. The summed E-state index contributed by atoms with van der Waals surface area (Å²) in [5.41, 5.74) is 0.795. The van der Waals surface area contributed by atoms with Crippen LogP contribution in [-0.2, 0) is 21.4 Å². The van der Waals surface area contributed by atoms with Gasteiger partial charge in [0.2, 0.25) is 15.9 Å². The molecule has 5 rings (SSSR count). The van der Waals surface area contributed by atoms with Gasteiger partial charge in [-0.05, 0) is 61.4 Å². The van der Waals surface area contributed by atoms with Crippen molar-refractivity contribution in [3.63, 3.8) is 0 Å². The number of fused-ring (bicyclic) bond motifs is 1. The number of hydrogen-bond acceptors (Lipinski definition) is 6. The zero-order valence-corrected chi connectivity index (χ0v) is 19.8. The van der Waals surface area contributed by atoms with Crippen LogP contribution in [0.15, 0.2) is 76.2 Å². The third-order valence-electron chi connectivity index (χ3n) is 5.86. The molecule has 0 saturated carbocycles. The number of furan rings is 1. The molecule has 1 fully saturated rings. The lowest BCUT2D eigenvalue weighted by Crippen LogP contribution is -2.46. The molecule has 3 heterocycles. The molecule has 7 nitrogen and oxygen atoms in total. The topological polar surface area (TPSA) is 83.7 Å². The van der Waals surface area contributed by atoms with E-state index in [1.165, 1.54) is 27.8 Å². The van der Waals surface area contributed by atoms with Gasteiger partial charge in [-0.3, -0.25) is 9.69 Å². The van der Waals surface area contributed by atoms with Crippen LogP contribution < -0.4 is 4.90 Å². The van der Waals surface area contributed by atoms with Gasteiger partial charge < -0.3 is 4.42 Å². The van der Waals surface area contributed by atoms with Crippen LogP contribution in [0.25, 0.3) is 10.2 Å². The molecule has 1 aliphatic rings. The zero-order valence-electron chi connectivity index (χ0n) is 18.1. The number of benzene rings is 2. The molecule has 1 aliphatic heterocycles. The van der Waals surface area contributed by atoms with Gasteiger partial charge in [-0.25, -0.2) is 17.8 Å². The first-order chi connectivity index (χ1) is 16.4. The zero-order chi connectivity index (χ0) is 23.7. The second kappa shape index (κ2) is 9.28. The monoisotopic (exact) mass is 499 g/mol. The van der Waals surface area contributed by atoms with E-state index in [0.29, 0.717) is 30.3 Å². The third kappa shape index (κ3) is 4.48. The largest absolute Gasteiger partial charge is 0.467 e. The molecule has 2 aromatic carbocycles. The number of nitrogens with zero attached hydrogens (tertiary/aromatic N) is 3. The Kier molecular flexibility index (Phi) is 6.20. The molecular formula is C24H22FN3O4S2. The highest BCUT2D eigenvalue weighted by atomic mass is 32.2. The fourth-order valence-electron chi connectivity index (χ4n) is 4.11.